The minimum atomic E-state index is -1.72. The summed E-state index contributed by atoms with van der Waals surface area (Å²) in [5.41, 5.74) is 0. The van der Waals surface area contributed by atoms with Gasteiger partial charge in [0, 0.05) is 6.42 Å². The van der Waals surface area contributed by atoms with E-state index in [4.69, 9.17) is 20.4 Å². The number of aliphatic carboxylic acids is 2. The predicted octanol–water partition coefficient (Wildman–Crippen LogP) is -1.55. The first-order chi connectivity index (χ1) is 7.79. The van der Waals surface area contributed by atoms with Crippen molar-refractivity contribution in [1.82, 2.24) is 0 Å². The zero-order chi connectivity index (χ0) is 13.6. The molecule has 0 amide bonds. The van der Waals surface area contributed by atoms with Crippen molar-refractivity contribution in [1.29, 1.82) is 0 Å². The van der Waals surface area contributed by atoms with E-state index in [0.717, 1.165) is 0 Å². The molecule has 0 bridgehead atoms. The summed E-state index contributed by atoms with van der Waals surface area (Å²) in [6.45, 7) is 0.182. The molecule has 0 saturated carbocycles. The lowest BCUT2D eigenvalue weighted by atomic mass is 9.96. The number of rotatable bonds is 7. The number of hydrogen-bond donors (Lipinski definition) is 4. The third-order valence-corrected chi connectivity index (χ3v) is 2.05. The molecule has 0 aromatic rings. The molecule has 8 nitrogen and oxygen atoms in total. The average molecular weight is 250 g/mol. The van der Waals surface area contributed by atoms with Crippen LogP contribution in [0.15, 0.2) is 0 Å². The van der Waals surface area contributed by atoms with Gasteiger partial charge < -0.3 is 25.2 Å². The Bertz CT molecular complexity index is 297. The number of carboxylic acids is 2. The van der Waals surface area contributed by atoms with Gasteiger partial charge in [-0.1, -0.05) is 0 Å². The molecule has 3 unspecified atom stereocenters. The molecule has 0 aromatic heterocycles. The summed E-state index contributed by atoms with van der Waals surface area (Å²) in [5.74, 6) is -5.49. The number of esters is 1. The van der Waals surface area contributed by atoms with Crippen molar-refractivity contribution in [3.05, 3.63) is 0 Å². The standard InChI is InChI=1S/C9H14O8/c1-4(11)5(8(13)14)2-6(9(15)16)17-7(12)3-10/h4-6,10-11H,2-3H2,1H3,(H,13,14)(H,15,16). The van der Waals surface area contributed by atoms with E-state index in [1.54, 1.807) is 0 Å². The van der Waals surface area contributed by atoms with Crippen molar-refractivity contribution in [2.75, 3.05) is 6.61 Å². The molecule has 3 atom stereocenters. The van der Waals surface area contributed by atoms with Crippen LogP contribution in [0.25, 0.3) is 0 Å². The maximum atomic E-state index is 10.7. The van der Waals surface area contributed by atoms with Gasteiger partial charge in [-0.15, -0.1) is 0 Å². The Morgan fingerprint density at radius 3 is 2.00 bits per heavy atom. The van der Waals surface area contributed by atoms with E-state index < -0.39 is 49.1 Å². The number of hydrogen-bond acceptors (Lipinski definition) is 6. The molecule has 0 spiro atoms. The molecule has 0 aliphatic rings. The fourth-order valence-electron chi connectivity index (χ4n) is 1.13. The highest BCUT2D eigenvalue weighted by atomic mass is 16.6. The van der Waals surface area contributed by atoms with Crippen LogP contribution >= 0.6 is 0 Å². The summed E-state index contributed by atoms with van der Waals surface area (Å²) < 4.78 is 4.33. The highest BCUT2D eigenvalue weighted by Crippen LogP contribution is 2.15. The second-order valence-corrected chi connectivity index (χ2v) is 3.40. The number of carbonyl (C=O) groups excluding carboxylic acids is 1. The monoisotopic (exact) mass is 250 g/mol. The fraction of sp³-hybridized carbons (Fsp3) is 0.667. The van der Waals surface area contributed by atoms with Crippen molar-refractivity contribution < 1.29 is 39.5 Å². The van der Waals surface area contributed by atoms with Gasteiger partial charge in [-0.05, 0) is 6.92 Å². The maximum Gasteiger partial charge on any atom is 0.345 e. The van der Waals surface area contributed by atoms with Crippen molar-refractivity contribution in [3.8, 4) is 0 Å². The molecule has 0 aliphatic heterocycles. The molecule has 0 fully saturated rings. The first kappa shape index (κ1) is 15.3. The van der Waals surface area contributed by atoms with Crippen molar-refractivity contribution in [2.45, 2.75) is 25.6 Å². The first-order valence-corrected chi connectivity index (χ1v) is 4.73. The van der Waals surface area contributed by atoms with Crippen LogP contribution in [0.4, 0.5) is 0 Å². The molecule has 0 aliphatic carbocycles. The van der Waals surface area contributed by atoms with Crippen molar-refractivity contribution >= 4 is 17.9 Å². The highest BCUT2D eigenvalue weighted by Gasteiger charge is 2.32. The highest BCUT2D eigenvalue weighted by molar-refractivity contribution is 5.79. The Balaban J connectivity index is 4.67. The van der Waals surface area contributed by atoms with Crippen LogP contribution < -0.4 is 0 Å². The summed E-state index contributed by atoms with van der Waals surface area (Å²) in [7, 11) is 0. The zero-order valence-electron chi connectivity index (χ0n) is 9.07. The van der Waals surface area contributed by atoms with Gasteiger partial charge in [-0.2, -0.15) is 0 Å². The van der Waals surface area contributed by atoms with Gasteiger partial charge in [0.1, 0.15) is 6.61 Å². The lowest BCUT2D eigenvalue weighted by Crippen LogP contribution is -2.36. The fourth-order valence-corrected chi connectivity index (χ4v) is 1.13. The molecule has 4 N–H and O–H groups in total. The molecular weight excluding hydrogens is 236 g/mol. The van der Waals surface area contributed by atoms with Gasteiger partial charge in [0.15, 0.2) is 6.10 Å². The number of aliphatic hydroxyl groups excluding tert-OH is 2. The van der Waals surface area contributed by atoms with Crippen LogP contribution in [0.3, 0.4) is 0 Å². The van der Waals surface area contributed by atoms with Gasteiger partial charge in [0.05, 0.1) is 12.0 Å². The summed E-state index contributed by atoms with van der Waals surface area (Å²) in [4.78, 5) is 32.1. The lowest BCUT2D eigenvalue weighted by Gasteiger charge is -2.19. The van der Waals surface area contributed by atoms with Crippen molar-refractivity contribution in [3.63, 3.8) is 0 Å². The van der Waals surface area contributed by atoms with Crippen molar-refractivity contribution in [2.24, 2.45) is 5.92 Å². The van der Waals surface area contributed by atoms with E-state index in [1.807, 2.05) is 0 Å². The Morgan fingerprint density at radius 2 is 1.71 bits per heavy atom. The Kier molecular flexibility index (Phi) is 6.15. The summed E-state index contributed by atoms with van der Waals surface area (Å²) >= 11 is 0. The Morgan fingerprint density at radius 1 is 1.18 bits per heavy atom. The third kappa shape index (κ3) is 5.27. The lowest BCUT2D eigenvalue weighted by molar-refractivity contribution is -0.169. The number of carbonyl (C=O) groups is 3. The van der Waals surface area contributed by atoms with Gasteiger partial charge >= 0.3 is 17.9 Å². The largest absolute Gasteiger partial charge is 0.481 e. The quantitative estimate of drug-likeness (QED) is 0.398. The topological polar surface area (TPSA) is 141 Å². The van der Waals surface area contributed by atoms with Crippen LogP contribution in [0.1, 0.15) is 13.3 Å². The van der Waals surface area contributed by atoms with E-state index >= 15 is 0 Å². The average Bonchev–Trinajstić information content (AvgIpc) is 2.21. The molecular formula is C9H14O8. The van der Waals surface area contributed by atoms with E-state index in [2.05, 4.69) is 4.74 Å². The molecule has 8 heteroatoms. The zero-order valence-corrected chi connectivity index (χ0v) is 9.07. The van der Waals surface area contributed by atoms with E-state index in [-0.39, 0.29) is 0 Å². The minimum absolute atomic E-state index is 0.575. The van der Waals surface area contributed by atoms with Gasteiger partial charge in [-0.3, -0.25) is 4.79 Å². The van der Waals surface area contributed by atoms with Crippen LogP contribution in [0.5, 0.6) is 0 Å². The van der Waals surface area contributed by atoms with Gasteiger partial charge in [-0.25, -0.2) is 9.59 Å². The molecule has 0 rings (SSSR count). The first-order valence-electron chi connectivity index (χ1n) is 4.73. The SMILES string of the molecule is CC(O)C(CC(OC(=O)CO)C(=O)O)C(=O)O. The molecule has 0 aromatic carbocycles. The number of carboxylic acid groups (broad SMARTS) is 2. The predicted molar refractivity (Wildman–Crippen MR) is 52.0 cm³/mol. The number of aliphatic hydroxyl groups is 2. The van der Waals surface area contributed by atoms with E-state index in [1.165, 1.54) is 6.92 Å². The smallest absolute Gasteiger partial charge is 0.345 e. The van der Waals surface area contributed by atoms with Crippen LogP contribution in [-0.2, 0) is 19.1 Å². The number of ether oxygens (including phenoxy) is 1. The maximum absolute atomic E-state index is 10.7. The third-order valence-electron chi connectivity index (χ3n) is 2.05. The molecule has 0 saturated heterocycles. The summed E-state index contributed by atoms with van der Waals surface area (Å²) in [6, 6.07) is 0. The molecule has 17 heavy (non-hydrogen) atoms. The Labute approximate surface area is 96.4 Å². The summed E-state index contributed by atoms with van der Waals surface area (Å²) in [5, 5.41) is 34.9. The second kappa shape index (κ2) is 6.81. The minimum Gasteiger partial charge on any atom is -0.481 e. The van der Waals surface area contributed by atoms with E-state index in [9.17, 15) is 14.4 Å². The summed E-state index contributed by atoms with van der Waals surface area (Å²) in [6.07, 6.45) is -3.58. The Hall–Kier alpha value is -1.67. The molecule has 98 valence electrons. The van der Waals surface area contributed by atoms with Crippen LogP contribution in [-0.4, -0.2) is 57.1 Å². The van der Waals surface area contributed by atoms with Crippen LogP contribution in [0, 0.1) is 5.92 Å². The van der Waals surface area contributed by atoms with Gasteiger partial charge in [0.2, 0.25) is 0 Å². The van der Waals surface area contributed by atoms with Crippen LogP contribution in [0.2, 0.25) is 0 Å². The van der Waals surface area contributed by atoms with Gasteiger partial charge in [0.25, 0.3) is 0 Å². The second-order valence-electron chi connectivity index (χ2n) is 3.40. The molecule has 0 heterocycles. The van der Waals surface area contributed by atoms with E-state index in [0.29, 0.717) is 0 Å². The normalized spacial score (nSPS) is 15.7. The molecule has 0 radical (unpaired) electrons.